The summed E-state index contributed by atoms with van der Waals surface area (Å²) >= 11 is 5.97. The highest BCUT2D eigenvalue weighted by Crippen LogP contribution is 2.21. The molecule has 6 nitrogen and oxygen atoms in total. The number of hydrogen-bond acceptors (Lipinski definition) is 6. The maximum atomic E-state index is 5.97. The third-order valence-corrected chi connectivity index (χ3v) is 3.73. The van der Waals surface area contributed by atoms with Gasteiger partial charge < -0.3 is 9.64 Å². The highest BCUT2D eigenvalue weighted by molar-refractivity contribution is 6.28. The maximum Gasteiger partial charge on any atom is 0.322 e. The lowest BCUT2D eigenvalue weighted by Crippen LogP contribution is -2.55. The molecule has 1 fully saturated rings. The molecular formula is C13H22ClN5O. The Morgan fingerprint density at radius 3 is 2.30 bits per heavy atom. The van der Waals surface area contributed by atoms with Crippen molar-refractivity contribution >= 4 is 17.5 Å². The van der Waals surface area contributed by atoms with E-state index in [4.69, 9.17) is 16.3 Å². The molecule has 2 rings (SSSR count). The van der Waals surface area contributed by atoms with Crippen molar-refractivity contribution in [3.8, 4) is 6.01 Å². The lowest BCUT2D eigenvalue weighted by atomic mass is 10.1. The first kappa shape index (κ1) is 15.3. The van der Waals surface area contributed by atoms with Crippen LogP contribution >= 0.6 is 11.6 Å². The number of hydrogen-bond donors (Lipinski definition) is 0. The molecule has 0 aliphatic carbocycles. The number of nitrogens with zero attached hydrogens (tertiary/aromatic N) is 5. The first-order valence-corrected chi connectivity index (χ1v) is 7.29. The Labute approximate surface area is 125 Å². The van der Waals surface area contributed by atoms with E-state index < -0.39 is 0 Å². The fourth-order valence-electron chi connectivity index (χ4n) is 2.29. The quantitative estimate of drug-likeness (QED) is 0.849. The van der Waals surface area contributed by atoms with Crippen molar-refractivity contribution in [1.29, 1.82) is 0 Å². The smallest absolute Gasteiger partial charge is 0.322 e. The average Bonchev–Trinajstić information content (AvgIpc) is 2.33. The van der Waals surface area contributed by atoms with Gasteiger partial charge in [-0.25, -0.2) is 0 Å². The van der Waals surface area contributed by atoms with Gasteiger partial charge in [0.25, 0.3) is 0 Å². The van der Waals surface area contributed by atoms with Crippen LogP contribution in [0.25, 0.3) is 0 Å². The Morgan fingerprint density at radius 1 is 1.15 bits per heavy atom. The summed E-state index contributed by atoms with van der Waals surface area (Å²) in [5.41, 5.74) is 0. The molecule has 1 aliphatic rings. The van der Waals surface area contributed by atoms with E-state index >= 15 is 0 Å². The molecule has 0 amide bonds. The van der Waals surface area contributed by atoms with Gasteiger partial charge in [-0.2, -0.15) is 15.0 Å². The summed E-state index contributed by atoms with van der Waals surface area (Å²) in [7, 11) is 2.14. The molecule has 0 saturated carbocycles. The van der Waals surface area contributed by atoms with Crippen molar-refractivity contribution in [2.45, 2.75) is 45.9 Å². The maximum absolute atomic E-state index is 5.97. The van der Waals surface area contributed by atoms with E-state index in [-0.39, 0.29) is 17.4 Å². The van der Waals surface area contributed by atoms with Crippen LogP contribution in [0.2, 0.25) is 5.28 Å². The van der Waals surface area contributed by atoms with E-state index in [0.717, 1.165) is 13.1 Å². The van der Waals surface area contributed by atoms with Crippen LogP contribution in [0.5, 0.6) is 6.01 Å². The zero-order chi connectivity index (χ0) is 14.9. The Kier molecular flexibility index (Phi) is 4.65. The SMILES string of the molecule is CC(C)Oc1nc(Cl)nc(N2CC(C)N(C)C(C)C2)n1. The van der Waals surface area contributed by atoms with Gasteiger partial charge in [0.1, 0.15) is 0 Å². The predicted octanol–water partition coefficient (Wildman–Crippen LogP) is 1.84. The average molecular weight is 300 g/mol. The zero-order valence-corrected chi connectivity index (χ0v) is 13.4. The van der Waals surface area contributed by atoms with Crippen molar-refractivity contribution in [3.05, 3.63) is 5.28 Å². The minimum absolute atomic E-state index is 0.00616. The van der Waals surface area contributed by atoms with Crippen LogP contribution in [0.15, 0.2) is 0 Å². The fourth-order valence-corrected chi connectivity index (χ4v) is 2.44. The molecule has 2 atom stereocenters. The number of ether oxygens (including phenoxy) is 1. The second kappa shape index (κ2) is 6.10. The van der Waals surface area contributed by atoms with Gasteiger partial charge in [-0.15, -0.1) is 0 Å². The van der Waals surface area contributed by atoms with Crippen molar-refractivity contribution < 1.29 is 4.74 Å². The van der Waals surface area contributed by atoms with E-state index in [1.165, 1.54) is 0 Å². The fraction of sp³-hybridized carbons (Fsp3) is 0.769. The molecule has 2 heterocycles. The third-order valence-electron chi connectivity index (χ3n) is 3.56. The van der Waals surface area contributed by atoms with Crippen molar-refractivity contribution in [1.82, 2.24) is 19.9 Å². The molecule has 2 unspecified atom stereocenters. The van der Waals surface area contributed by atoms with Crippen LogP contribution in [0, 0.1) is 0 Å². The number of piperazine rings is 1. The van der Waals surface area contributed by atoms with Gasteiger partial charge >= 0.3 is 6.01 Å². The molecule has 0 radical (unpaired) electrons. The molecule has 1 aromatic rings. The second-order valence-electron chi connectivity index (χ2n) is 5.62. The van der Waals surface area contributed by atoms with Gasteiger partial charge in [-0.05, 0) is 46.3 Å². The topological polar surface area (TPSA) is 54.4 Å². The Bertz CT molecular complexity index is 458. The first-order valence-electron chi connectivity index (χ1n) is 6.92. The lowest BCUT2D eigenvalue weighted by molar-refractivity contribution is 0.168. The van der Waals surface area contributed by atoms with E-state index in [0.29, 0.717) is 18.0 Å². The van der Waals surface area contributed by atoms with E-state index in [2.05, 4.69) is 45.6 Å². The van der Waals surface area contributed by atoms with Crippen LogP contribution in [0.3, 0.4) is 0 Å². The van der Waals surface area contributed by atoms with Crippen LogP contribution < -0.4 is 9.64 Å². The number of likely N-dealkylation sites (N-methyl/N-ethyl adjacent to an activating group) is 1. The normalized spacial score (nSPS) is 24.2. The Hall–Kier alpha value is -1.14. The summed E-state index contributed by atoms with van der Waals surface area (Å²) < 4.78 is 5.52. The molecule has 20 heavy (non-hydrogen) atoms. The molecule has 0 N–H and O–H groups in total. The third kappa shape index (κ3) is 3.49. The van der Waals surface area contributed by atoms with Gasteiger partial charge in [0.05, 0.1) is 6.10 Å². The van der Waals surface area contributed by atoms with Crippen molar-refractivity contribution in [2.24, 2.45) is 0 Å². The Balaban J connectivity index is 2.21. The van der Waals surface area contributed by atoms with Gasteiger partial charge in [0.15, 0.2) is 0 Å². The highest BCUT2D eigenvalue weighted by Gasteiger charge is 2.28. The zero-order valence-electron chi connectivity index (χ0n) is 12.7. The van der Waals surface area contributed by atoms with Gasteiger partial charge in [-0.3, -0.25) is 4.90 Å². The van der Waals surface area contributed by atoms with Crippen molar-refractivity contribution in [2.75, 3.05) is 25.0 Å². The summed E-state index contributed by atoms with van der Waals surface area (Å²) in [4.78, 5) is 17.1. The molecule has 1 aliphatic heterocycles. The summed E-state index contributed by atoms with van der Waals surface area (Å²) in [6.45, 7) is 9.97. The number of rotatable bonds is 3. The molecule has 0 aromatic carbocycles. The summed E-state index contributed by atoms with van der Waals surface area (Å²) in [6, 6.07) is 1.15. The Morgan fingerprint density at radius 2 is 1.75 bits per heavy atom. The molecule has 0 bridgehead atoms. The minimum Gasteiger partial charge on any atom is -0.461 e. The molecule has 1 saturated heterocycles. The van der Waals surface area contributed by atoms with Crippen LogP contribution in [-0.4, -0.2) is 58.2 Å². The standard InChI is InChI=1S/C13H22ClN5O/c1-8(2)20-13-16-11(14)15-12(17-13)19-6-9(3)18(5)10(4)7-19/h8-10H,6-7H2,1-5H3. The second-order valence-corrected chi connectivity index (χ2v) is 5.96. The summed E-state index contributed by atoms with van der Waals surface area (Å²) in [5.74, 6) is 0.590. The largest absolute Gasteiger partial charge is 0.461 e. The lowest BCUT2D eigenvalue weighted by Gasteiger charge is -2.42. The monoisotopic (exact) mass is 299 g/mol. The van der Waals surface area contributed by atoms with Gasteiger partial charge in [0.2, 0.25) is 11.2 Å². The van der Waals surface area contributed by atoms with Gasteiger partial charge in [0, 0.05) is 25.2 Å². The van der Waals surface area contributed by atoms with E-state index in [1.54, 1.807) is 0 Å². The van der Waals surface area contributed by atoms with Gasteiger partial charge in [-0.1, -0.05) is 0 Å². The highest BCUT2D eigenvalue weighted by atomic mass is 35.5. The molecule has 7 heteroatoms. The van der Waals surface area contributed by atoms with Crippen molar-refractivity contribution in [3.63, 3.8) is 0 Å². The van der Waals surface area contributed by atoms with Crippen LogP contribution in [0.4, 0.5) is 5.95 Å². The molecule has 0 spiro atoms. The molecule has 112 valence electrons. The summed E-state index contributed by atoms with van der Waals surface area (Å²) in [5, 5.41) is 0.171. The minimum atomic E-state index is 0.00616. The number of anilines is 1. The van der Waals surface area contributed by atoms with E-state index in [1.807, 2.05) is 13.8 Å². The first-order chi connectivity index (χ1) is 9.36. The van der Waals surface area contributed by atoms with E-state index in [9.17, 15) is 0 Å². The predicted molar refractivity (Wildman–Crippen MR) is 79.5 cm³/mol. The molecule has 1 aromatic heterocycles. The molecular weight excluding hydrogens is 278 g/mol. The number of halogens is 1. The summed E-state index contributed by atoms with van der Waals surface area (Å²) in [6.07, 6.45) is 0.00616. The van der Waals surface area contributed by atoms with Crippen LogP contribution in [0.1, 0.15) is 27.7 Å². The van der Waals surface area contributed by atoms with Crippen LogP contribution in [-0.2, 0) is 0 Å². The number of aromatic nitrogens is 3.